The van der Waals surface area contributed by atoms with Crippen LogP contribution in [0.1, 0.15) is 26.2 Å². The Kier molecular flexibility index (Phi) is 7.53. The molecule has 3 N–H and O–H groups in total. The summed E-state index contributed by atoms with van der Waals surface area (Å²) in [6, 6.07) is -0.0448. The van der Waals surface area contributed by atoms with Crippen molar-refractivity contribution in [2.75, 3.05) is 13.2 Å². The molecule has 0 aliphatic carbocycles. The molecule has 0 aromatic heterocycles. The number of hydrogen-bond donors (Lipinski definition) is 3. The third-order valence-electron chi connectivity index (χ3n) is 2.86. The van der Waals surface area contributed by atoms with E-state index in [0.717, 1.165) is 0 Å². The highest BCUT2D eigenvalue weighted by Gasteiger charge is 2.38. The summed E-state index contributed by atoms with van der Waals surface area (Å²) >= 11 is 0. The van der Waals surface area contributed by atoms with Crippen molar-refractivity contribution in [3.63, 3.8) is 0 Å². The second-order valence-electron chi connectivity index (χ2n) is 4.75. The van der Waals surface area contributed by atoms with Crippen molar-refractivity contribution in [1.29, 1.82) is 0 Å². The maximum atomic E-state index is 11.8. The summed E-state index contributed by atoms with van der Waals surface area (Å²) in [5.41, 5.74) is 0. The summed E-state index contributed by atoms with van der Waals surface area (Å²) in [6.45, 7) is 1.39. The SMILES string of the molecule is BC1CC(OP(=O)(O)OCCCOP(=O)(O)O)C(CC)O1. The molecule has 0 amide bonds. The van der Waals surface area contributed by atoms with Crippen LogP contribution < -0.4 is 0 Å². The normalized spacial score (nSPS) is 29.4. The van der Waals surface area contributed by atoms with Crippen LogP contribution in [0.2, 0.25) is 0 Å². The molecule has 1 rings (SSSR count). The first kappa shape index (κ1) is 19.3. The Morgan fingerprint density at radius 2 is 1.86 bits per heavy atom. The zero-order valence-electron chi connectivity index (χ0n) is 12.0. The monoisotopic (exact) mass is 346 g/mol. The highest BCUT2D eigenvalue weighted by Crippen LogP contribution is 2.47. The quantitative estimate of drug-likeness (QED) is 0.303. The van der Waals surface area contributed by atoms with Crippen molar-refractivity contribution in [2.45, 2.75) is 44.4 Å². The Morgan fingerprint density at radius 1 is 1.24 bits per heavy atom. The Labute approximate surface area is 124 Å². The molecule has 0 aromatic carbocycles. The highest BCUT2D eigenvalue weighted by molar-refractivity contribution is 7.47. The summed E-state index contributed by atoms with van der Waals surface area (Å²) < 4.78 is 41.7. The van der Waals surface area contributed by atoms with Gasteiger partial charge in [0.05, 0.1) is 25.4 Å². The van der Waals surface area contributed by atoms with Gasteiger partial charge in [0, 0.05) is 6.00 Å². The fraction of sp³-hybridized carbons (Fsp3) is 1.00. The van der Waals surface area contributed by atoms with Crippen molar-refractivity contribution in [2.24, 2.45) is 0 Å². The van der Waals surface area contributed by atoms with E-state index in [1.165, 1.54) is 0 Å². The van der Waals surface area contributed by atoms with Gasteiger partial charge in [0.15, 0.2) is 0 Å². The van der Waals surface area contributed by atoms with Crippen LogP contribution in [0, 0.1) is 0 Å². The van der Waals surface area contributed by atoms with Gasteiger partial charge < -0.3 is 19.4 Å². The van der Waals surface area contributed by atoms with E-state index >= 15 is 0 Å². The molecule has 12 heteroatoms. The van der Waals surface area contributed by atoms with E-state index in [4.69, 9.17) is 23.6 Å². The summed E-state index contributed by atoms with van der Waals surface area (Å²) in [5.74, 6) is 0. The average molecular weight is 346 g/mol. The van der Waals surface area contributed by atoms with Gasteiger partial charge in [-0.2, -0.15) is 0 Å². The van der Waals surface area contributed by atoms with E-state index in [0.29, 0.717) is 12.8 Å². The Morgan fingerprint density at radius 3 is 2.43 bits per heavy atom. The first-order valence-corrected chi connectivity index (χ1v) is 9.67. The summed E-state index contributed by atoms with van der Waals surface area (Å²) in [5, 5.41) is 0. The zero-order chi connectivity index (χ0) is 16.1. The fourth-order valence-electron chi connectivity index (χ4n) is 2.01. The maximum absolute atomic E-state index is 11.8. The molecule has 1 fully saturated rings. The van der Waals surface area contributed by atoms with Crippen LogP contribution in [-0.2, 0) is 27.4 Å². The summed E-state index contributed by atoms with van der Waals surface area (Å²) in [7, 11) is -6.90. The first-order chi connectivity index (χ1) is 9.63. The maximum Gasteiger partial charge on any atom is 0.472 e. The molecule has 0 aromatic rings. The van der Waals surface area contributed by atoms with Gasteiger partial charge >= 0.3 is 15.6 Å². The average Bonchev–Trinajstić information content (AvgIpc) is 2.66. The van der Waals surface area contributed by atoms with Crippen molar-refractivity contribution in [3.05, 3.63) is 0 Å². The number of phosphoric acid groups is 2. The minimum Gasteiger partial charge on any atom is -0.381 e. The van der Waals surface area contributed by atoms with Crippen LogP contribution in [0.3, 0.4) is 0 Å². The molecular weight excluding hydrogens is 325 g/mol. The molecular formula is C9H21BO9P2. The van der Waals surface area contributed by atoms with E-state index < -0.39 is 21.7 Å². The first-order valence-electron chi connectivity index (χ1n) is 6.64. The second kappa shape index (κ2) is 8.20. The molecule has 9 nitrogen and oxygen atoms in total. The molecule has 4 unspecified atom stereocenters. The van der Waals surface area contributed by atoms with Crippen molar-refractivity contribution >= 4 is 23.5 Å². The molecule has 0 radical (unpaired) electrons. The molecule has 1 heterocycles. The van der Waals surface area contributed by atoms with E-state index in [1.807, 2.05) is 14.8 Å². The van der Waals surface area contributed by atoms with Gasteiger partial charge in [-0.15, -0.1) is 0 Å². The van der Waals surface area contributed by atoms with Gasteiger partial charge in [0.25, 0.3) is 0 Å². The van der Waals surface area contributed by atoms with E-state index in [9.17, 15) is 14.0 Å². The summed E-state index contributed by atoms with van der Waals surface area (Å²) in [6.07, 6.45) is 0.460. The largest absolute Gasteiger partial charge is 0.472 e. The second-order valence-corrected chi connectivity index (χ2v) is 7.40. The Bertz CT molecular complexity index is 414. The smallest absolute Gasteiger partial charge is 0.381 e. The van der Waals surface area contributed by atoms with Crippen molar-refractivity contribution in [1.82, 2.24) is 0 Å². The van der Waals surface area contributed by atoms with Crippen molar-refractivity contribution in [3.8, 4) is 0 Å². The molecule has 1 saturated heterocycles. The lowest BCUT2D eigenvalue weighted by molar-refractivity contribution is 0.0219. The number of rotatable bonds is 9. The van der Waals surface area contributed by atoms with Gasteiger partial charge in [0.1, 0.15) is 7.85 Å². The number of ether oxygens (including phenoxy) is 1. The molecule has 21 heavy (non-hydrogen) atoms. The number of phosphoric ester groups is 2. The van der Waals surface area contributed by atoms with Gasteiger partial charge in [-0.25, -0.2) is 9.13 Å². The van der Waals surface area contributed by atoms with Gasteiger partial charge in [-0.3, -0.25) is 13.6 Å². The predicted octanol–water partition coefficient (Wildman–Crippen LogP) is 0.146. The predicted molar refractivity (Wildman–Crippen MR) is 75.4 cm³/mol. The van der Waals surface area contributed by atoms with Gasteiger partial charge in [-0.05, 0) is 19.3 Å². The lowest BCUT2D eigenvalue weighted by atomic mass is 9.96. The molecule has 124 valence electrons. The Balaban J connectivity index is 2.30. The Hall–Kier alpha value is 0.245. The minimum absolute atomic E-state index is 0.0448. The topological polar surface area (TPSA) is 132 Å². The van der Waals surface area contributed by atoms with Crippen LogP contribution in [0.4, 0.5) is 0 Å². The third-order valence-corrected chi connectivity index (χ3v) is 4.42. The lowest BCUT2D eigenvalue weighted by Crippen LogP contribution is -2.23. The fourth-order valence-corrected chi connectivity index (χ4v) is 3.37. The van der Waals surface area contributed by atoms with Crippen LogP contribution >= 0.6 is 15.6 Å². The summed E-state index contributed by atoms with van der Waals surface area (Å²) in [4.78, 5) is 26.5. The van der Waals surface area contributed by atoms with Crippen LogP contribution in [-0.4, -0.2) is 54.0 Å². The van der Waals surface area contributed by atoms with E-state index in [1.54, 1.807) is 0 Å². The third kappa shape index (κ3) is 7.88. The standard InChI is InChI=1S/C9H21BO9P2/c1-2-7-8(6-9(10)18-7)19-21(14,15)17-5-3-4-16-20(11,12)13/h7-9H,2-6,10H2,1H3,(H,14,15)(H2,11,12,13). The highest BCUT2D eigenvalue weighted by atomic mass is 31.2. The van der Waals surface area contributed by atoms with Crippen LogP contribution in [0.25, 0.3) is 0 Å². The molecule has 0 bridgehead atoms. The number of hydrogen-bond acceptors (Lipinski definition) is 6. The minimum atomic E-state index is -4.52. The van der Waals surface area contributed by atoms with Gasteiger partial charge in [0.2, 0.25) is 0 Å². The molecule has 0 saturated carbocycles. The van der Waals surface area contributed by atoms with E-state index in [-0.39, 0.29) is 31.7 Å². The van der Waals surface area contributed by atoms with Crippen molar-refractivity contribution < 1.29 is 42.1 Å². The molecule has 1 aliphatic rings. The van der Waals surface area contributed by atoms with Crippen LogP contribution in [0.5, 0.6) is 0 Å². The molecule has 4 atom stereocenters. The molecule has 0 spiro atoms. The molecule has 1 aliphatic heterocycles. The van der Waals surface area contributed by atoms with Crippen LogP contribution in [0.15, 0.2) is 0 Å². The zero-order valence-corrected chi connectivity index (χ0v) is 13.7. The lowest BCUT2D eigenvalue weighted by Gasteiger charge is -2.20. The van der Waals surface area contributed by atoms with E-state index in [2.05, 4.69) is 4.52 Å². The van der Waals surface area contributed by atoms with Gasteiger partial charge in [-0.1, -0.05) is 6.92 Å².